The molecule has 0 aliphatic carbocycles. The maximum Gasteiger partial charge on any atom is 0.387 e. The van der Waals surface area contributed by atoms with E-state index in [2.05, 4.69) is 15.0 Å². The van der Waals surface area contributed by atoms with E-state index in [-0.39, 0.29) is 17.7 Å². The first kappa shape index (κ1) is 19.0. The fourth-order valence-corrected chi connectivity index (χ4v) is 3.45. The SMILES string of the molecule is O=C(NCC(C1CCOC1)N1CCOCC1)c1ccc(OC(F)F)cc1. The van der Waals surface area contributed by atoms with Crippen molar-refractivity contribution in [1.29, 1.82) is 0 Å². The van der Waals surface area contributed by atoms with Gasteiger partial charge in [-0.1, -0.05) is 0 Å². The van der Waals surface area contributed by atoms with E-state index in [0.717, 1.165) is 26.1 Å². The fourth-order valence-electron chi connectivity index (χ4n) is 3.45. The van der Waals surface area contributed by atoms with Crippen LogP contribution in [0.25, 0.3) is 0 Å². The van der Waals surface area contributed by atoms with Gasteiger partial charge < -0.3 is 19.5 Å². The zero-order valence-corrected chi connectivity index (χ0v) is 14.5. The number of nitrogens with zero attached hydrogens (tertiary/aromatic N) is 1. The summed E-state index contributed by atoms with van der Waals surface area (Å²) in [6, 6.07) is 5.90. The van der Waals surface area contributed by atoms with Crippen LogP contribution in [0, 0.1) is 5.92 Å². The molecule has 2 saturated heterocycles. The second-order valence-corrected chi connectivity index (χ2v) is 6.45. The number of amides is 1. The number of morpholine rings is 1. The Bertz CT molecular complexity index is 573. The summed E-state index contributed by atoms with van der Waals surface area (Å²) < 4.78 is 39.6. The van der Waals surface area contributed by atoms with Gasteiger partial charge in [0.15, 0.2) is 0 Å². The van der Waals surface area contributed by atoms with E-state index in [1.54, 1.807) is 0 Å². The molecule has 1 aromatic rings. The van der Waals surface area contributed by atoms with Crippen molar-refractivity contribution in [1.82, 2.24) is 10.2 Å². The number of carbonyl (C=O) groups is 1. The third kappa shape index (κ3) is 5.12. The summed E-state index contributed by atoms with van der Waals surface area (Å²) in [5, 5.41) is 2.97. The fraction of sp³-hybridized carbons (Fsp3) is 0.611. The van der Waals surface area contributed by atoms with Gasteiger partial charge in [0.25, 0.3) is 5.91 Å². The molecule has 0 spiro atoms. The Hall–Kier alpha value is -1.77. The van der Waals surface area contributed by atoms with Gasteiger partial charge in [0.2, 0.25) is 0 Å². The lowest BCUT2D eigenvalue weighted by Gasteiger charge is -2.37. The highest BCUT2D eigenvalue weighted by Crippen LogP contribution is 2.22. The molecule has 2 atom stereocenters. The molecule has 2 aliphatic rings. The Labute approximate surface area is 151 Å². The molecule has 144 valence electrons. The Morgan fingerprint density at radius 2 is 1.92 bits per heavy atom. The van der Waals surface area contributed by atoms with Crippen LogP contribution in [0.3, 0.4) is 0 Å². The van der Waals surface area contributed by atoms with Gasteiger partial charge in [0, 0.05) is 43.8 Å². The minimum Gasteiger partial charge on any atom is -0.435 e. The average molecular weight is 370 g/mol. The normalized spacial score (nSPS) is 22.3. The summed E-state index contributed by atoms with van der Waals surface area (Å²) in [6.45, 7) is 2.18. The van der Waals surface area contributed by atoms with Crippen molar-refractivity contribution in [2.75, 3.05) is 46.1 Å². The minimum atomic E-state index is -2.88. The summed E-state index contributed by atoms with van der Waals surface area (Å²) in [5.74, 6) is 0.187. The number of alkyl halides is 2. The van der Waals surface area contributed by atoms with E-state index in [0.29, 0.717) is 37.8 Å². The molecule has 0 radical (unpaired) electrons. The molecule has 0 aromatic heterocycles. The van der Waals surface area contributed by atoms with E-state index < -0.39 is 6.61 Å². The number of rotatable bonds is 7. The van der Waals surface area contributed by atoms with Gasteiger partial charge in [0.05, 0.1) is 19.8 Å². The van der Waals surface area contributed by atoms with Crippen LogP contribution in [0.2, 0.25) is 0 Å². The molecule has 0 bridgehead atoms. The number of nitrogens with one attached hydrogen (secondary N) is 1. The van der Waals surface area contributed by atoms with Crippen LogP contribution in [0.5, 0.6) is 5.75 Å². The lowest BCUT2D eigenvalue weighted by molar-refractivity contribution is -0.0498. The largest absolute Gasteiger partial charge is 0.435 e. The maximum absolute atomic E-state index is 12.4. The van der Waals surface area contributed by atoms with Crippen molar-refractivity contribution >= 4 is 5.91 Å². The quantitative estimate of drug-likeness (QED) is 0.793. The standard InChI is InChI=1S/C18H24F2N2O4/c19-18(20)26-15-3-1-13(2-4-15)17(23)21-11-16(14-5-8-25-12-14)22-6-9-24-10-7-22/h1-4,14,16,18H,5-12H2,(H,21,23). The second-order valence-electron chi connectivity index (χ2n) is 6.45. The predicted molar refractivity (Wildman–Crippen MR) is 90.5 cm³/mol. The number of ether oxygens (including phenoxy) is 3. The first-order valence-electron chi connectivity index (χ1n) is 8.86. The predicted octanol–water partition coefficient (Wildman–Crippen LogP) is 1.76. The molecule has 2 fully saturated rings. The van der Waals surface area contributed by atoms with Gasteiger partial charge in [0.1, 0.15) is 5.75 Å². The third-order valence-electron chi connectivity index (χ3n) is 4.84. The first-order valence-corrected chi connectivity index (χ1v) is 8.86. The van der Waals surface area contributed by atoms with Crippen LogP contribution in [-0.4, -0.2) is 69.5 Å². The van der Waals surface area contributed by atoms with Gasteiger partial charge >= 0.3 is 6.61 Å². The van der Waals surface area contributed by atoms with E-state index in [9.17, 15) is 13.6 Å². The van der Waals surface area contributed by atoms with E-state index in [1.807, 2.05) is 0 Å². The van der Waals surface area contributed by atoms with Gasteiger partial charge in [-0.3, -0.25) is 9.69 Å². The zero-order chi connectivity index (χ0) is 18.4. The Kier molecular flexibility index (Phi) is 6.76. The highest BCUT2D eigenvalue weighted by atomic mass is 19.3. The molecule has 26 heavy (non-hydrogen) atoms. The van der Waals surface area contributed by atoms with E-state index in [1.165, 1.54) is 24.3 Å². The Morgan fingerprint density at radius 1 is 1.19 bits per heavy atom. The first-order chi connectivity index (χ1) is 12.6. The Balaban J connectivity index is 1.57. The molecule has 1 N–H and O–H groups in total. The number of benzene rings is 1. The second kappa shape index (κ2) is 9.25. The van der Waals surface area contributed by atoms with Crippen molar-refractivity contribution in [3.05, 3.63) is 29.8 Å². The molecular formula is C18H24F2N2O4. The zero-order valence-electron chi connectivity index (χ0n) is 14.5. The third-order valence-corrected chi connectivity index (χ3v) is 4.84. The number of hydrogen-bond donors (Lipinski definition) is 1. The highest BCUT2D eigenvalue weighted by Gasteiger charge is 2.31. The lowest BCUT2D eigenvalue weighted by Crippen LogP contribution is -2.52. The molecule has 8 heteroatoms. The molecule has 2 unspecified atom stereocenters. The van der Waals surface area contributed by atoms with Gasteiger partial charge in [-0.05, 0) is 30.7 Å². The molecule has 2 heterocycles. The molecule has 1 aromatic carbocycles. The maximum atomic E-state index is 12.4. The van der Waals surface area contributed by atoms with E-state index >= 15 is 0 Å². The Morgan fingerprint density at radius 3 is 2.54 bits per heavy atom. The average Bonchev–Trinajstić information content (AvgIpc) is 3.17. The van der Waals surface area contributed by atoms with Crippen LogP contribution in [0.15, 0.2) is 24.3 Å². The number of hydrogen-bond acceptors (Lipinski definition) is 5. The van der Waals surface area contributed by atoms with E-state index in [4.69, 9.17) is 9.47 Å². The smallest absolute Gasteiger partial charge is 0.387 e. The van der Waals surface area contributed by atoms with Crippen molar-refractivity contribution in [3.63, 3.8) is 0 Å². The van der Waals surface area contributed by atoms with Crippen molar-refractivity contribution in [3.8, 4) is 5.75 Å². The minimum absolute atomic E-state index is 0.0332. The van der Waals surface area contributed by atoms with Crippen molar-refractivity contribution in [2.24, 2.45) is 5.92 Å². The highest BCUT2D eigenvalue weighted by molar-refractivity contribution is 5.94. The monoisotopic (exact) mass is 370 g/mol. The molecule has 1 amide bonds. The molecule has 2 aliphatic heterocycles. The van der Waals surface area contributed by atoms with Crippen LogP contribution >= 0.6 is 0 Å². The molecule has 0 saturated carbocycles. The van der Waals surface area contributed by atoms with Gasteiger partial charge in [-0.25, -0.2) is 0 Å². The van der Waals surface area contributed by atoms with Crippen LogP contribution in [0.4, 0.5) is 8.78 Å². The van der Waals surface area contributed by atoms with Crippen LogP contribution < -0.4 is 10.1 Å². The molecular weight excluding hydrogens is 346 g/mol. The summed E-state index contributed by atoms with van der Waals surface area (Å²) in [7, 11) is 0. The molecule has 6 nitrogen and oxygen atoms in total. The van der Waals surface area contributed by atoms with Crippen LogP contribution in [0.1, 0.15) is 16.8 Å². The van der Waals surface area contributed by atoms with Crippen molar-refractivity contribution in [2.45, 2.75) is 19.1 Å². The molecule has 3 rings (SSSR count). The van der Waals surface area contributed by atoms with Gasteiger partial charge in [-0.15, -0.1) is 0 Å². The number of carbonyl (C=O) groups excluding carboxylic acids is 1. The summed E-state index contributed by atoms with van der Waals surface area (Å²) in [4.78, 5) is 14.8. The number of halogens is 2. The lowest BCUT2D eigenvalue weighted by atomic mass is 9.96. The topological polar surface area (TPSA) is 60.0 Å². The van der Waals surface area contributed by atoms with Crippen LogP contribution in [-0.2, 0) is 9.47 Å². The van der Waals surface area contributed by atoms with Crippen molar-refractivity contribution < 1.29 is 27.8 Å². The summed E-state index contributed by atoms with van der Waals surface area (Å²) in [6.07, 6.45) is 0.984. The van der Waals surface area contributed by atoms with Gasteiger partial charge in [-0.2, -0.15) is 8.78 Å². The summed E-state index contributed by atoms with van der Waals surface area (Å²) in [5.41, 5.74) is 0.412. The summed E-state index contributed by atoms with van der Waals surface area (Å²) >= 11 is 0.